The number of nitrogens with one attached hydrogen (secondary N) is 1. The van der Waals surface area contributed by atoms with Gasteiger partial charge in [0.15, 0.2) is 11.4 Å². The van der Waals surface area contributed by atoms with Crippen LogP contribution in [0.5, 0.6) is 5.75 Å². The van der Waals surface area contributed by atoms with Gasteiger partial charge in [-0.3, -0.25) is 4.98 Å². The molecule has 1 aliphatic heterocycles. The van der Waals surface area contributed by atoms with Crippen molar-refractivity contribution < 1.29 is 14.6 Å². The quantitative estimate of drug-likeness (QED) is 0.561. The van der Waals surface area contributed by atoms with Gasteiger partial charge in [-0.15, -0.1) is 0 Å². The molecule has 2 N–H and O–H groups in total. The van der Waals surface area contributed by atoms with E-state index in [0.29, 0.717) is 17.4 Å². The zero-order chi connectivity index (χ0) is 22.6. The lowest BCUT2D eigenvalue weighted by molar-refractivity contribution is -0.152. The van der Waals surface area contributed by atoms with Gasteiger partial charge < -0.3 is 20.1 Å². The van der Waals surface area contributed by atoms with Crippen molar-refractivity contribution in [1.29, 1.82) is 0 Å². The van der Waals surface area contributed by atoms with Crippen LogP contribution in [0.3, 0.4) is 0 Å². The highest BCUT2D eigenvalue weighted by molar-refractivity contribution is 5.77. The van der Waals surface area contributed by atoms with Crippen molar-refractivity contribution in [2.45, 2.75) is 38.7 Å². The van der Waals surface area contributed by atoms with Gasteiger partial charge in [-0.2, -0.15) is 0 Å². The molecule has 4 rings (SSSR count). The van der Waals surface area contributed by atoms with Crippen molar-refractivity contribution in [3.63, 3.8) is 0 Å². The number of hydrogen-bond acceptors (Lipinski definition) is 7. The normalized spacial score (nSPS) is 14.1. The van der Waals surface area contributed by atoms with Crippen LogP contribution in [-0.4, -0.2) is 44.7 Å². The molecule has 1 aromatic carbocycles. The van der Waals surface area contributed by atoms with Crippen LogP contribution in [-0.2, 0) is 4.79 Å². The number of pyridine rings is 1. The number of anilines is 3. The zero-order valence-electron chi connectivity index (χ0n) is 18.3. The maximum absolute atomic E-state index is 11.4. The number of piperidine rings is 1. The van der Waals surface area contributed by atoms with Gasteiger partial charge >= 0.3 is 5.97 Å². The van der Waals surface area contributed by atoms with Crippen LogP contribution in [0.15, 0.2) is 54.9 Å². The fourth-order valence-corrected chi connectivity index (χ4v) is 3.54. The second-order valence-corrected chi connectivity index (χ2v) is 8.29. The molecule has 0 aliphatic carbocycles. The first kappa shape index (κ1) is 21.5. The molecular formula is C24H27N5O3. The largest absolute Gasteiger partial charge is 0.478 e. The molecule has 166 valence electrons. The summed E-state index contributed by atoms with van der Waals surface area (Å²) in [5.41, 5.74) is 0.224. The van der Waals surface area contributed by atoms with E-state index in [9.17, 15) is 9.90 Å². The first-order valence-electron chi connectivity index (χ1n) is 10.7. The van der Waals surface area contributed by atoms with E-state index in [4.69, 9.17) is 9.72 Å². The third kappa shape index (κ3) is 5.14. The monoisotopic (exact) mass is 433 g/mol. The van der Waals surface area contributed by atoms with Gasteiger partial charge in [0.25, 0.3) is 0 Å². The molecule has 0 atom stereocenters. The summed E-state index contributed by atoms with van der Waals surface area (Å²) in [7, 11) is 0. The molecule has 1 saturated heterocycles. The topological polar surface area (TPSA) is 100 Å². The molecule has 0 saturated carbocycles. The Labute approximate surface area is 187 Å². The summed E-state index contributed by atoms with van der Waals surface area (Å²) < 4.78 is 5.66. The van der Waals surface area contributed by atoms with Gasteiger partial charge in [-0.05, 0) is 57.4 Å². The fraction of sp³-hybridized carbons (Fsp3) is 0.333. The molecule has 1 fully saturated rings. The number of rotatable bonds is 7. The lowest BCUT2D eigenvalue weighted by atomic mass is 10.1. The number of aromatic nitrogens is 3. The molecule has 0 amide bonds. The Kier molecular flexibility index (Phi) is 6.20. The summed E-state index contributed by atoms with van der Waals surface area (Å²) in [5.74, 6) is 1.59. The smallest absolute Gasteiger partial charge is 0.347 e. The van der Waals surface area contributed by atoms with Crippen LogP contribution in [0, 0.1) is 0 Å². The summed E-state index contributed by atoms with van der Waals surface area (Å²) in [6, 6.07) is 12.9. The van der Waals surface area contributed by atoms with Gasteiger partial charge in [0.2, 0.25) is 0 Å². The van der Waals surface area contributed by atoms with Crippen LogP contribution in [0.2, 0.25) is 0 Å². The first-order valence-corrected chi connectivity index (χ1v) is 10.7. The third-order valence-corrected chi connectivity index (χ3v) is 5.32. The van der Waals surface area contributed by atoms with Crippen molar-refractivity contribution in [3.8, 4) is 17.0 Å². The van der Waals surface area contributed by atoms with Crippen LogP contribution in [0.4, 0.5) is 17.5 Å². The van der Waals surface area contributed by atoms with Crippen molar-refractivity contribution >= 4 is 23.4 Å². The fourth-order valence-electron chi connectivity index (χ4n) is 3.54. The van der Waals surface area contributed by atoms with E-state index < -0.39 is 11.6 Å². The van der Waals surface area contributed by atoms with Gasteiger partial charge in [-0.25, -0.2) is 14.8 Å². The van der Waals surface area contributed by atoms with Crippen molar-refractivity contribution in [2.24, 2.45) is 0 Å². The molecule has 8 heteroatoms. The predicted octanol–water partition coefficient (Wildman–Crippen LogP) is 4.51. The number of hydrogen-bond donors (Lipinski definition) is 2. The number of carboxylic acid groups (broad SMARTS) is 1. The molecule has 32 heavy (non-hydrogen) atoms. The Bertz CT molecular complexity index is 1100. The Morgan fingerprint density at radius 2 is 1.81 bits per heavy atom. The maximum atomic E-state index is 11.4. The van der Waals surface area contributed by atoms with Crippen LogP contribution in [0.1, 0.15) is 33.1 Å². The number of nitrogens with zero attached hydrogens (tertiary/aromatic N) is 4. The van der Waals surface area contributed by atoms with E-state index in [1.165, 1.54) is 33.1 Å². The summed E-state index contributed by atoms with van der Waals surface area (Å²) >= 11 is 0. The lowest BCUT2D eigenvalue weighted by Crippen LogP contribution is -2.37. The van der Waals surface area contributed by atoms with E-state index >= 15 is 0 Å². The lowest BCUT2D eigenvalue weighted by Gasteiger charge is -2.27. The first-order chi connectivity index (χ1) is 15.4. The molecule has 0 radical (unpaired) electrons. The summed E-state index contributed by atoms with van der Waals surface area (Å²) in [6.45, 7) is 5.04. The van der Waals surface area contributed by atoms with Gasteiger partial charge in [-0.1, -0.05) is 18.2 Å². The minimum atomic E-state index is -1.33. The Morgan fingerprint density at radius 3 is 2.59 bits per heavy atom. The standard InChI is InChI=1S/C24H27N5O3/c1-24(2,23(30)31)32-18-9-6-8-17(14-18)19-10-7-11-20(26-19)27-21-15-25-16-22(28-21)29-12-4-3-5-13-29/h6-11,14-16H,3-5,12-13H2,1-2H3,(H,30,31)(H,26,27,28). The van der Waals surface area contributed by atoms with Crippen molar-refractivity contribution in [2.75, 3.05) is 23.3 Å². The molecule has 0 spiro atoms. The molecule has 0 bridgehead atoms. The van der Waals surface area contributed by atoms with Crippen LogP contribution >= 0.6 is 0 Å². The molecule has 3 heterocycles. The number of carboxylic acids is 1. The minimum absolute atomic E-state index is 0.468. The van der Waals surface area contributed by atoms with E-state index in [2.05, 4.69) is 20.2 Å². The number of aliphatic carboxylic acids is 1. The Hall–Kier alpha value is -3.68. The average Bonchev–Trinajstić information content (AvgIpc) is 2.80. The van der Waals surface area contributed by atoms with E-state index in [-0.39, 0.29) is 0 Å². The molecule has 1 aliphatic rings. The van der Waals surface area contributed by atoms with Crippen LogP contribution < -0.4 is 15.0 Å². The summed E-state index contributed by atoms with van der Waals surface area (Å²) in [4.78, 5) is 27.4. The Morgan fingerprint density at radius 1 is 1.03 bits per heavy atom. The third-order valence-electron chi connectivity index (χ3n) is 5.32. The Balaban J connectivity index is 1.52. The predicted molar refractivity (Wildman–Crippen MR) is 123 cm³/mol. The van der Waals surface area contributed by atoms with Gasteiger partial charge in [0, 0.05) is 18.7 Å². The van der Waals surface area contributed by atoms with E-state index in [1.807, 2.05) is 30.3 Å². The highest BCUT2D eigenvalue weighted by Crippen LogP contribution is 2.27. The zero-order valence-corrected chi connectivity index (χ0v) is 18.3. The van der Waals surface area contributed by atoms with E-state index in [0.717, 1.165) is 30.2 Å². The maximum Gasteiger partial charge on any atom is 0.347 e. The second-order valence-electron chi connectivity index (χ2n) is 8.29. The second kappa shape index (κ2) is 9.21. The number of benzene rings is 1. The highest BCUT2D eigenvalue weighted by atomic mass is 16.5. The van der Waals surface area contributed by atoms with E-state index in [1.54, 1.807) is 24.5 Å². The highest BCUT2D eigenvalue weighted by Gasteiger charge is 2.29. The molecule has 2 aromatic heterocycles. The summed E-state index contributed by atoms with van der Waals surface area (Å²) in [6.07, 6.45) is 7.10. The van der Waals surface area contributed by atoms with Crippen LogP contribution in [0.25, 0.3) is 11.3 Å². The van der Waals surface area contributed by atoms with Crippen molar-refractivity contribution in [1.82, 2.24) is 15.0 Å². The molecule has 3 aromatic rings. The average molecular weight is 434 g/mol. The molecule has 8 nitrogen and oxygen atoms in total. The molecular weight excluding hydrogens is 406 g/mol. The van der Waals surface area contributed by atoms with Gasteiger partial charge in [0.1, 0.15) is 17.4 Å². The van der Waals surface area contributed by atoms with Crippen molar-refractivity contribution in [3.05, 3.63) is 54.9 Å². The minimum Gasteiger partial charge on any atom is -0.478 e. The van der Waals surface area contributed by atoms with Gasteiger partial charge in [0.05, 0.1) is 18.1 Å². The number of ether oxygens (including phenoxy) is 1. The number of carbonyl (C=O) groups is 1. The SMILES string of the molecule is CC(C)(Oc1cccc(-c2cccc(Nc3cncc(N4CCCCC4)n3)n2)c1)C(=O)O. The molecule has 0 unspecified atom stereocenters. The summed E-state index contributed by atoms with van der Waals surface area (Å²) in [5, 5.41) is 12.5.